The fourth-order valence-corrected chi connectivity index (χ4v) is 4.01. The number of aryl methyl sites for hydroxylation is 2. The van der Waals surface area contributed by atoms with Crippen LogP contribution in [-0.4, -0.2) is 17.3 Å². The Hall–Kier alpha value is -0.980. The maximum atomic E-state index is 9.36. The Morgan fingerprint density at radius 1 is 1.33 bits per heavy atom. The average Bonchev–Trinajstić information content (AvgIpc) is 3.17. The van der Waals surface area contributed by atoms with Crippen molar-refractivity contribution in [3.63, 3.8) is 0 Å². The molecule has 3 rings (SSSR count). The van der Waals surface area contributed by atoms with Crippen LogP contribution < -0.4 is 5.32 Å². The summed E-state index contributed by atoms with van der Waals surface area (Å²) < 4.78 is 0. The maximum absolute atomic E-state index is 9.36. The minimum absolute atomic E-state index is 0.334. The molecule has 1 saturated carbocycles. The van der Waals surface area contributed by atoms with Gasteiger partial charge in [0.15, 0.2) is 0 Å². The highest BCUT2D eigenvalue weighted by atomic mass is 32.2. The van der Waals surface area contributed by atoms with E-state index in [-0.39, 0.29) is 5.54 Å². The number of hydrogen-bond acceptors (Lipinski definition) is 3. The van der Waals surface area contributed by atoms with Crippen molar-refractivity contribution < 1.29 is 0 Å². The van der Waals surface area contributed by atoms with E-state index in [1.165, 1.54) is 37.0 Å². The summed E-state index contributed by atoms with van der Waals surface area (Å²) in [6.07, 6.45) is 8.33. The van der Waals surface area contributed by atoms with E-state index in [1.807, 2.05) is 18.7 Å². The molecule has 0 saturated heterocycles. The summed E-state index contributed by atoms with van der Waals surface area (Å²) in [7, 11) is 0. The number of nitrogens with one attached hydrogen (secondary N) is 1. The van der Waals surface area contributed by atoms with E-state index in [0.29, 0.717) is 6.04 Å². The van der Waals surface area contributed by atoms with Crippen molar-refractivity contribution in [1.29, 1.82) is 5.26 Å². The standard InChI is InChI=1S/C18H24N2S/c1-18(13-19,20-16-7-8-16)10-3-11-21-17-9-6-14-4-2-5-15(14)12-17/h6,9,12,16,20H,2-5,7-8,10-11H2,1H3. The molecule has 0 aliphatic heterocycles. The molecule has 1 atom stereocenters. The van der Waals surface area contributed by atoms with Crippen LogP contribution in [-0.2, 0) is 12.8 Å². The van der Waals surface area contributed by atoms with Crippen LogP contribution in [0.1, 0.15) is 50.2 Å². The van der Waals surface area contributed by atoms with E-state index in [0.717, 1.165) is 18.6 Å². The minimum atomic E-state index is -0.334. The van der Waals surface area contributed by atoms with Crippen molar-refractivity contribution in [2.24, 2.45) is 0 Å². The minimum Gasteiger partial charge on any atom is -0.297 e. The first-order chi connectivity index (χ1) is 10.2. The topological polar surface area (TPSA) is 35.8 Å². The SMILES string of the molecule is CC(C#N)(CCCSc1ccc2c(c1)CCC2)NC1CC1. The molecule has 0 spiro atoms. The van der Waals surface area contributed by atoms with Crippen LogP contribution >= 0.6 is 11.8 Å². The lowest BCUT2D eigenvalue weighted by molar-refractivity contribution is 0.412. The highest BCUT2D eigenvalue weighted by Crippen LogP contribution is 2.29. The molecule has 21 heavy (non-hydrogen) atoms. The third-order valence-electron chi connectivity index (χ3n) is 4.51. The molecule has 2 aliphatic carbocycles. The van der Waals surface area contributed by atoms with Gasteiger partial charge in [0.05, 0.1) is 6.07 Å². The second kappa shape index (κ2) is 6.42. The normalized spacial score (nSPS) is 19.8. The van der Waals surface area contributed by atoms with Gasteiger partial charge < -0.3 is 0 Å². The first-order valence-corrected chi connectivity index (χ1v) is 9.11. The van der Waals surface area contributed by atoms with Crippen LogP contribution in [0.15, 0.2) is 23.1 Å². The van der Waals surface area contributed by atoms with Crippen LogP contribution in [0.2, 0.25) is 0 Å². The van der Waals surface area contributed by atoms with E-state index in [2.05, 4.69) is 29.6 Å². The van der Waals surface area contributed by atoms with E-state index in [4.69, 9.17) is 0 Å². The second-order valence-electron chi connectivity index (χ2n) is 6.60. The molecule has 1 aromatic carbocycles. The lowest BCUT2D eigenvalue weighted by Gasteiger charge is -2.23. The number of fused-ring (bicyclic) bond motifs is 1. The zero-order valence-electron chi connectivity index (χ0n) is 12.8. The smallest absolute Gasteiger partial charge is 0.104 e. The van der Waals surface area contributed by atoms with E-state index in [9.17, 15) is 5.26 Å². The fraction of sp³-hybridized carbons (Fsp3) is 0.611. The molecule has 1 fully saturated rings. The Morgan fingerprint density at radius 3 is 2.90 bits per heavy atom. The van der Waals surface area contributed by atoms with Crippen molar-refractivity contribution >= 4 is 11.8 Å². The first-order valence-electron chi connectivity index (χ1n) is 8.12. The van der Waals surface area contributed by atoms with Gasteiger partial charge in [0.1, 0.15) is 5.54 Å². The van der Waals surface area contributed by atoms with Gasteiger partial charge in [0.2, 0.25) is 0 Å². The number of benzene rings is 1. The zero-order valence-corrected chi connectivity index (χ0v) is 13.6. The summed E-state index contributed by atoms with van der Waals surface area (Å²) in [5.74, 6) is 1.10. The quantitative estimate of drug-likeness (QED) is 0.609. The molecule has 1 aromatic rings. The molecule has 1 N–H and O–H groups in total. The fourth-order valence-electron chi connectivity index (χ4n) is 3.09. The predicted molar refractivity (Wildman–Crippen MR) is 88.6 cm³/mol. The molecule has 0 aromatic heterocycles. The van der Waals surface area contributed by atoms with Gasteiger partial charge in [-0.2, -0.15) is 5.26 Å². The number of hydrogen-bond donors (Lipinski definition) is 1. The number of rotatable bonds is 7. The van der Waals surface area contributed by atoms with Gasteiger partial charge in [-0.1, -0.05) is 6.07 Å². The molecule has 112 valence electrons. The van der Waals surface area contributed by atoms with E-state index < -0.39 is 0 Å². The van der Waals surface area contributed by atoms with Gasteiger partial charge in [-0.25, -0.2) is 0 Å². The van der Waals surface area contributed by atoms with Crippen LogP contribution in [0, 0.1) is 11.3 Å². The molecular formula is C18H24N2S. The Morgan fingerprint density at radius 2 is 2.14 bits per heavy atom. The Labute approximate surface area is 132 Å². The molecule has 2 nitrogen and oxygen atoms in total. The third kappa shape index (κ3) is 4.02. The van der Waals surface area contributed by atoms with E-state index >= 15 is 0 Å². The lowest BCUT2D eigenvalue weighted by atomic mass is 9.98. The largest absolute Gasteiger partial charge is 0.297 e. The summed E-state index contributed by atoms with van der Waals surface area (Å²) >= 11 is 1.93. The van der Waals surface area contributed by atoms with Crippen LogP contribution in [0.3, 0.4) is 0 Å². The highest BCUT2D eigenvalue weighted by molar-refractivity contribution is 7.99. The summed E-state index contributed by atoms with van der Waals surface area (Å²) in [6, 6.07) is 10.0. The molecule has 0 heterocycles. The Balaban J connectivity index is 1.44. The van der Waals surface area contributed by atoms with Gasteiger partial charge in [-0.3, -0.25) is 5.32 Å². The van der Waals surface area contributed by atoms with Crippen molar-refractivity contribution in [2.75, 3.05) is 5.75 Å². The number of thioether (sulfide) groups is 1. The van der Waals surface area contributed by atoms with Crippen LogP contribution in [0.5, 0.6) is 0 Å². The molecule has 0 bridgehead atoms. The molecule has 2 aliphatic rings. The number of nitriles is 1. The summed E-state index contributed by atoms with van der Waals surface area (Å²) in [5.41, 5.74) is 2.77. The maximum Gasteiger partial charge on any atom is 0.104 e. The van der Waals surface area contributed by atoms with Crippen molar-refractivity contribution in [2.45, 2.75) is 68.3 Å². The van der Waals surface area contributed by atoms with Crippen molar-refractivity contribution in [3.05, 3.63) is 29.3 Å². The average molecular weight is 300 g/mol. The highest BCUT2D eigenvalue weighted by Gasteiger charge is 2.31. The molecule has 0 amide bonds. The van der Waals surface area contributed by atoms with Gasteiger partial charge in [0.25, 0.3) is 0 Å². The molecule has 1 unspecified atom stereocenters. The lowest BCUT2D eigenvalue weighted by Crippen LogP contribution is -2.42. The third-order valence-corrected chi connectivity index (χ3v) is 5.59. The van der Waals surface area contributed by atoms with Crippen molar-refractivity contribution in [3.8, 4) is 6.07 Å². The molecule has 3 heteroatoms. The number of nitrogens with zero attached hydrogens (tertiary/aromatic N) is 1. The monoisotopic (exact) mass is 300 g/mol. The summed E-state index contributed by atoms with van der Waals surface area (Å²) in [6.45, 7) is 2.05. The predicted octanol–water partition coefficient (Wildman–Crippen LogP) is 4.08. The van der Waals surface area contributed by atoms with Crippen LogP contribution in [0.4, 0.5) is 0 Å². The molecular weight excluding hydrogens is 276 g/mol. The Kier molecular flexibility index (Phi) is 4.57. The first kappa shape index (κ1) is 14.9. The zero-order chi connectivity index (χ0) is 14.7. The van der Waals surface area contributed by atoms with Crippen molar-refractivity contribution in [1.82, 2.24) is 5.32 Å². The van der Waals surface area contributed by atoms with E-state index in [1.54, 1.807) is 11.1 Å². The summed E-state index contributed by atoms with van der Waals surface area (Å²) in [4.78, 5) is 1.39. The van der Waals surface area contributed by atoms with Gasteiger partial charge in [-0.15, -0.1) is 11.8 Å². The summed E-state index contributed by atoms with van der Waals surface area (Å²) in [5, 5.41) is 12.8. The van der Waals surface area contributed by atoms with Crippen LogP contribution in [0.25, 0.3) is 0 Å². The van der Waals surface area contributed by atoms with Gasteiger partial charge in [-0.05, 0) is 80.9 Å². The Bertz CT molecular complexity index is 545. The molecule has 0 radical (unpaired) electrons. The van der Waals surface area contributed by atoms with Gasteiger partial charge in [0, 0.05) is 10.9 Å². The second-order valence-corrected chi connectivity index (χ2v) is 7.77. The van der Waals surface area contributed by atoms with Gasteiger partial charge >= 0.3 is 0 Å².